The summed E-state index contributed by atoms with van der Waals surface area (Å²) < 4.78 is 1.83. The molecule has 3 nitrogen and oxygen atoms in total. The van der Waals surface area contributed by atoms with Crippen molar-refractivity contribution in [2.24, 2.45) is 0 Å². The largest absolute Gasteiger partial charge is 0.268 e. The summed E-state index contributed by atoms with van der Waals surface area (Å²) in [5.74, 6) is 0. The second-order valence-corrected chi connectivity index (χ2v) is 10.8. The lowest BCUT2D eigenvalue weighted by Crippen LogP contribution is -2.18. The van der Waals surface area contributed by atoms with Crippen molar-refractivity contribution >= 4 is 27.3 Å². The van der Waals surface area contributed by atoms with Crippen LogP contribution in [0.5, 0.6) is 0 Å². The molecule has 0 spiro atoms. The number of fused-ring (bicyclic) bond motifs is 4. The maximum atomic E-state index is 14.7. The molecule has 0 saturated carbocycles. The number of benzene rings is 6. The first-order chi connectivity index (χ1) is 21.3. The normalized spacial score (nSPS) is 11.3. The molecule has 202 valence electrons. The third-order valence-corrected chi connectivity index (χ3v) is 8.18. The Morgan fingerprint density at radius 3 is 1.49 bits per heavy atom. The highest BCUT2D eigenvalue weighted by Gasteiger charge is 2.21. The molecule has 0 bridgehead atoms. The topological polar surface area (TPSA) is 34.4 Å². The van der Waals surface area contributed by atoms with Gasteiger partial charge in [0.2, 0.25) is 0 Å². The van der Waals surface area contributed by atoms with Crippen LogP contribution in [0.1, 0.15) is 0 Å². The predicted octanol–water partition coefficient (Wildman–Crippen LogP) is 9.67. The molecule has 0 aliphatic rings. The van der Waals surface area contributed by atoms with E-state index in [1.807, 2.05) is 71.1 Å². The quantitative estimate of drug-likeness (QED) is 0.161. The third-order valence-electron chi connectivity index (χ3n) is 8.18. The summed E-state index contributed by atoms with van der Waals surface area (Å²) in [6.45, 7) is 0. The zero-order valence-electron chi connectivity index (χ0n) is 23.3. The molecule has 2 aromatic heterocycles. The summed E-state index contributed by atoms with van der Waals surface area (Å²) in [6, 6.07) is 53.6. The molecule has 3 heteroatoms. The van der Waals surface area contributed by atoms with Crippen molar-refractivity contribution in [1.82, 2.24) is 9.38 Å². The fraction of sp³-hybridized carbons (Fsp3) is 0. The zero-order chi connectivity index (χ0) is 28.8. The summed E-state index contributed by atoms with van der Waals surface area (Å²) in [5, 5.41) is 2.58. The monoisotopic (exact) mass is 550 g/mol. The Bertz CT molecular complexity index is 2330. The standard InChI is InChI=1S/C40H26N2O/c43-40-35-26-32(28-15-7-2-8-16-28)22-24-36(35)41-39-33-23-21-31(27-13-5-1-6-14-27)25-34(33)37(29-17-9-3-10-18-29)38(42(39)40)30-19-11-4-12-20-30/h1-26H. The molecule has 0 fully saturated rings. The average Bonchev–Trinajstić information content (AvgIpc) is 3.09. The average molecular weight is 551 g/mol. The molecule has 0 aliphatic heterocycles. The van der Waals surface area contributed by atoms with Gasteiger partial charge < -0.3 is 0 Å². The van der Waals surface area contributed by atoms with Crippen molar-refractivity contribution in [1.29, 1.82) is 0 Å². The maximum absolute atomic E-state index is 14.7. The Morgan fingerprint density at radius 2 is 0.907 bits per heavy atom. The highest BCUT2D eigenvalue weighted by molar-refractivity contribution is 6.10. The van der Waals surface area contributed by atoms with Crippen molar-refractivity contribution in [3.05, 3.63) is 168 Å². The van der Waals surface area contributed by atoms with Gasteiger partial charge in [-0.3, -0.25) is 9.20 Å². The van der Waals surface area contributed by atoms with Crippen LogP contribution in [0.25, 0.3) is 72.0 Å². The first-order valence-electron chi connectivity index (χ1n) is 14.4. The minimum absolute atomic E-state index is 0.0807. The molecule has 6 aromatic carbocycles. The first kappa shape index (κ1) is 25.0. The van der Waals surface area contributed by atoms with E-state index in [9.17, 15) is 4.79 Å². The molecule has 0 atom stereocenters. The minimum Gasteiger partial charge on any atom is -0.268 e. The van der Waals surface area contributed by atoms with Crippen LogP contribution < -0.4 is 5.56 Å². The van der Waals surface area contributed by atoms with E-state index < -0.39 is 0 Å². The number of hydrogen-bond acceptors (Lipinski definition) is 2. The smallest absolute Gasteiger partial charge is 0.266 e. The predicted molar refractivity (Wildman–Crippen MR) is 178 cm³/mol. The van der Waals surface area contributed by atoms with Gasteiger partial charge in [-0.05, 0) is 63.0 Å². The van der Waals surface area contributed by atoms with E-state index in [1.165, 1.54) is 0 Å². The second kappa shape index (κ2) is 10.2. The van der Waals surface area contributed by atoms with E-state index in [1.54, 1.807) is 0 Å². The van der Waals surface area contributed by atoms with Crippen molar-refractivity contribution < 1.29 is 0 Å². The number of rotatable bonds is 4. The summed E-state index contributed by atoms with van der Waals surface area (Å²) >= 11 is 0. The number of nitrogens with zero attached hydrogens (tertiary/aromatic N) is 2. The van der Waals surface area contributed by atoms with Crippen LogP contribution in [0.4, 0.5) is 0 Å². The van der Waals surface area contributed by atoms with Crippen molar-refractivity contribution in [2.45, 2.75) is 0 Å². The van der Waals surface area contributed by atoms with Gasteiger partial charge in [-0.15, -0.1) is 0 Å². The maximum Gasteiger partial charge on any atom is 0.266 e. The van der Waals surface area contributed by atoms with Crippen molar-refractivity contribution in [3.8, 4) is 44.6 Å². The van der Waals surface area contributed by atoms with Crippen LogP contribution in [0.3, 0.4) is 0 Å². The van der Waals surface area contributed by atoms with E-state index >= 15 is 0 Å². The fourth-order valence-corrected chi connectivity index (χ4v) is 6.15. The van der Waals surface area contributed by atoms with E-state index in [4.69, 9.17) is 4.98 Å². The van der Waals surface area contributed by atoms with Crippen molar-refractivity contribution in [3.63, 3.8) is 0 Å². The summed E-state index contributed by atoms with van der Waals surface area (Å²) in [4.78, 5) is 19.9. The minimum atomic E-state index is -0.0807. The lowest BCUT2D eigenvalue weighted by molar-refractivity contribution is 1.10. The Labute approximate surface area is 249 Å². The SMILES string of the molecule is O=c1c2cc(-c3ccccc3)ccc2nc2c3ccc(-c4ccccc4)cc3c(-c3ccccc3)c(-c3ccccc3)n12. The Morgan fingerprint density at radius 1 is 0.419 bits per heavy atom. The van der Waals surface area contributed by atoms with Crippen LogP contribution in [0, 0.1) is 0 Å². The van der Waals surface area contributed by atoms with Gasteiger partial charge in [0.05, 0.1) is 16.6 Å². The van der Waals surface area contributed by atoms with Gasteiger partial charge >= 0.3 is 0 Å². The highest BCUT2D eigenvalue weighted by atomic mass is 16.1. The highest BCUT2D eigenvalue weighted by Crippen LogP contribution is 2.41. The molecule has 0 aliphatic carbocycles. The summed E-state index contributed by atoms with van der Waals surface area (Å²) in [5.41, 5.74) is 9.42. The molecule has 0 saturated heterocycles. The molecule has 0 amide bonds. The molecule has 0 radical (unpaired) electrons. The second-order valence-electron chi connectivity index (χ2n) is 10.8. The van der Waals surface area contributed by atoms with Crippen LogP contribution >= 0.6 is 0 Å². The van der Waals surface area contributed by atoms with Crippen LogP contribution in [0.2, 0.25) is 0 Å². The Kier molecular flexibility index (Phi) is 5.94. The molecular formula is C40H26N2O. The van der Waals surface area contributed by atoms with Crippen LogP contribution in [0.15, 0.2) is 163 Å². The van der Waals surface area contributed by atoms with E-state index in [0.29, 0.717) is 16.6 Å². The number of hydrogen-bond donors (Lipinski definition) is 0. The van der Waals surface area contributed by atoms with Gasteiger partial charge in [0.1, 0.15) is 5.65 Å². The van der Waals surface area contributed by atoms with E-state index in [2.05, 4.69) is 91.0 Å². The van der Waals surface area contributed by atoms with Crippen LogP contribution in [-0.4, -0.2) is 9.38 Å². The summed E-state index contributed by atoms with van der Waals surface area (Å²) in [6.07, 6.45) is 0. The lowest BCUT2D eigenvalue weighted by atomic mass is 9.91. The van der Waals surface area contributed by atoms with Gasteiger partial charge in [-0.25, -0.2) is 4.98 Å². The Hall–Kier alpha value is -5.80. The molecule has 0 unspecified atom stereocenters. The van der Waals surface area contributed by atoms with E-state index in [-0.39, 0.29) is 5.56 Å². The Balaban J connectivity index is 1.57. The first-order valence-corrected chi connectivity index (χ1v) is 14.4. The third kappa shape index (κ3) is 4.22. The summed E-state index contributed by atoms with van der Waals surface area (Å²) in [7, 11) is 0. The van der Waals surface area contributed by atoms with E-state index in [0.717, 1.165) is 55.4 Å². The van der Waals surface area contributed by atoms with Gasteiger partial charge in [-0.1, -0.05) is 133 Å². The molecule has 43 heavy (non-hydrogen) atoms. The molecular weight excluding hydrogens is 524 g/mol. The van der Waals surface area contributed by atoms with Crippen LogP contribution in [-0.2, 0) is 0 Å². The van der Waals surface area contributed by atoms with Gasteiger partial charge in [-0.2, -0.15) is 0 Å². The number of aromatic nitrogens is 2. The number of pyridine rings is 1. The van der Waals surface area contributed by atoms with Gasteiger partial charge in [0, 0.05) is 10.9 Å². The van der Waals surface area contributed by atoms with Crippen molar-refractivity contribution in [2.75, 3.05) is 0 Å². The molecule has 2 heterocycles. The molecule has 0 N–H and O–H groups in total. The molecule has 8 aromatic rings. The van der Waals surface area contributed by atoms with Gasteiger partial charge in [0.25, 0.3) is 5.56 Å². The van der Waals surface area contributed by atoms with Gasteiger partial charge in [0.15, 0.2) is 0 Å². The zero-order valence-corrected chi connectivity index (χ0v) is 23.3. The fourth-order valence-electron chi connectivity index (χ4n) is 6.15. The lowest BCUT2D eigenvalue weighted by Gasteiger charge is -2.20. The molecule has 8 rings (SSSR count).